The van der Waals surface area contributed by atoms with Gasteiger partial charge in [-0.1, -0.05) is 13.8 Å². The Kier molecular flexibility index (Phi) is 6.21. The third kappa shape index (κ3) is 6.36. The predicted molar refractivity (Wildman–Crippen MR) is 77.0 cm³/mol. The van der Waals surface area contributed by atoms with E-state index in [1.807, 2.05) is 6.92 Å². The molecule has 0 saturated heterocycles. The van der Waals surface area contributed by atoms with E-state index in [4.69, 9.17) is 9.84 Å². The monoisotopic (exact) mass is 281 g/mol. The van der Waals surface area contributed by atoms with Crippen molar-refractivity contribution in [3.05, 3.63) is 12.4 Å². The summed E-state index contributed by atoms with van der Waals surface area (Å²) in [6.07, 6.45) is 3.20. The summed E-state index contributed by atoms with van der Waals surface area (Å²) in [4.78, 5) is 18.7. The number of hydrogen-bond acceptors (Lipinski definition) is 5. The Bertz CT molecular complexity index is 435. The molecule has 0 amide bonds. The summed E-state index contributed by atoms with van der Waals surface area (Å²) in [6.45, 7) is 7.35. The van der Waals surface area contributed by atoms with E-state index in [0.29, 0.717) is 18.9 Å². The number of ether oxygens (including phenoxy) is 1. The van der Waals surface area contributed by atoms with E-state index in [9.17, 15) is 4.79 Å². The number of aromatic nitrogens is 2. The first-order valence-electron chi connectivity index (χ1n) is 6.83. The lowest BCUT2D eigenvalue weighted by Gasteiger charge is -2.23. The average molecular weight is 281 g/mol. The molecule has 1 rings (SSSR count). The molecule has 1 aromatic rings. The Morgan fingerprint density at radius 2 is 2.15 bits per heavy atom. The van der Waals surface area contributed by atoms with Crippen LogP contribution in [-0.2, 0) is 4.79 Å². The van der Waals surface area contributed by atoms with Gasteiger partial charge in [-0.2, -0.15) is 0 Å². The lowest BCUT2D eigenvalue weighted by molar-refractivity contribution is -0.137. The smallest absolute Gasteiger partial charge is 0.303 e. The number of anilines is 1. The van der Waals surface area contributed by atoms with Gasteiger partial charge in [-0.05, 0) is 25.2 Å². The number of nitrogens with one attached hydrogen (secondary N) is 1. The van der Waals surface area contributed by atoms with Crippen LogP contribution in [0.4, 0.5) is 5.82 Å². The lowest BCUT2D eigenvalue weighted by atomic mass is 9.84. The first-order chi connectivity index (χ1) is 9.43. The van der Waals surface area contributed by atoms with Crippen LogP contribution in [0.15, 0.2) is 12.4 Å². The number of aliphatic carboxylic acids is 1. The molecule has 6 nitrogen and oxygen atoms in total. The fourth-order valence-electron chi connectivity index (χ4n) is 1.76. The van der Waals surface area contributed by atoms with Crippen LogP contribution >= 0.6 is 0 Å². The largest absolute Gasteiger partial charge is 0.481 e. The molecule has 0 bridgehead atoms. The summed E-state index contributed by atoms with van der Waals surface area (Å²) in [5, 5.41) is 11.9. The first kappa shape index (κ1) is 16.2. The maximum Gasteiger partial charge on any atom is 0.303 e. The molecule has 1 aromatic heterocycles. The van der Waals surface area contributed by atoms with Crippen molar-refractivity contribution in [2.75, 3.05) is 18.5 Å². The maximum absolute atomic E-state index is 10.6. The van der Waals surface area contributed by atoms with Gasteiger partial charge in [-0.3, -0.25) is 4.79 Å². The van der Waals surface area contributed by atoms with Crippen LogP contribution in [0.25, 0.3) is 0 Å². The highest BCUT2D eigenvalue weighted by molar-refractivity contribution is 5.66. The number of hydrogen-bond donors (Lipinski definition) is 2. The van der Waals surface area contributed by atoms with Crippen molar-refractivity contribution in [2.24, 2.45) is 5.41 Å². The molecule has 0 spiro atoms. The van der Waals surface area contributed by atoms with Gasteiger partial charge < -0.3 is 15.2 Å². The second-order valence-electron chi connectivity index (χ2n) is 5.41. The molecule has 0 unspecified atom stereocenters. The highest BCUT2D eigenvalue weighted by atomic mass is 16.5. The third-order valence-corrected chi connectivity index (χ3v) is 3.06. The van der Waals surface area contributed by atoms with Gasteiger partial charge in [-0.25, -0.2) is 9.97 Å². The van der Waals surface area contributed by atoms with Crippen LogP contribution in [-0.4, -0.2) is 34.2 Å². The van der Waals surface area contributed by atoms with Crippen molar-refractivity contribution < 1.29 is 14.6 Å². The molecule has 6 heteroatoms. The zero-order valence-corrected chi connectivity index (χ0v) is 12.3. The molecule has 0 fully saturated rings. The molecule has 1 heterocycles. The summed E-state index contributed by atoms with van der Waals surface area (Å²) in [5.41, 5.74) is -0.0127. The molecule has 20 heavy (non-hydrogen) atoms. The molecule has 0 radical (unpaired) electrons. The van der Waals surface area contributed by atoms with Crippen LogP contribution in [0.5, 0.6) is 5.88 Å². The van der Waals surface area contributed by atoms with Gasteiger partial charge >= 0.3 is 5.97 Å². The molecule has 0 saturated carbocycles. The number of carbonyl (C=O) groups is 1. The van der Waals surface area contributed by atoms with E-state index in [0.717, 1.165) is 18.8 Å². The summed E-state index contributed by atoms with van der Waals surface area (Å²) < 4.78 is 5.30. The standard InChI is InChI=1S/C14H23N3O3/c1-4-20-12-9-11(16-10-17-12)15-8-7-14(2,3)6-5-13(18)19/h9-10H,4-8H2,1-3H3,(H,18,19)(H,15,16,17). The van der Waals surface area contributed by atoms with E-state index in [-0.39, 0.29) is 11.8 Å². The molecule has 0 atom stereocenters. The van der Waals surface area contributed by atoms with Crippen LogP contribution in [0, 0.1) is 5.41 Å². The van der Waals surface area contributed by atoms with Gasteiger partial charge in [-0.15, -0.1) is 0 Å². The van der Waals surface area contributed by atoms with Crippen LogP contribution in [0.2, 0.25) is 0 Å². The van der Waals surface area contributed by atoms with E-state index in [2.05, 4.69) is 29.1 Å². The summed E-state index contributed by atoms with van der Waals surface area (Å²) in [7, 11) is 0. The van der Waals surface area contributed by atoms with E-state index < -0.39 is 5.97 Å². The minimum Gasteiger partial charge on any atom is -0.481 e. The van der Waals surface area contributed by atoms with E-state index in [1.54, 1.807) is 6.07 Å². The highest BCUT2D eigenvalue weighted by Crippen LogP contribution is 2.26. The van der Waals surface area contributed by atoms with Gasteiger partial charge in [0.1, 0.15) is 12.1 Å². The quantitative estimate of drug-likeness (QED) is 0.723. The Morgan fingerprint density at radius 3 is 2.80 bits per heavy atom. The van der Waals surface area contributed by atoms with Gasteiger partial charge in [0.15, 0.2) is 0 Å². The molecule has 0 aliphatic carbocycles. The van der Waals surface area contributed by atoms with Gasteiger partial charge in [0.05, 0.1) is 6.61 Å². The number of carboxylic acids is 1. The summed E-state index contributed by atoms with van der Waals surface area (Å²) >= 11 is 0. The zero-order valence-electron chi connectivity index (χ0n) is 12.3. The van der Waals surface area contributed by atoms with Gasteiger partial charge in [0, 0.05) is 19.0 Å². The van der Waals surface area contributed by atoms with Crippen LogP contribution in [0.1, 0.15) is 40.0 Å². The highest BCUT2D eigenvalue weighted by Gasteiger charge is 2.18. The van der Waals surface area contributed by atoms with Crippen molar-refractivity contribution >= 4 is 11.8 Å². The Balaban J connectivity index is 2.39. The summed E-state index contributed by atoms with van der Waals surface area (Å²) in [6, 6.07) is 1.76. The molecule has 112 valence electrons. The molecular weight excluding hydrogens is 258 g/mol. The number of rotatable bonds is 9. The summed E-state index contributed by atoms with van der Waals surface area (Å²) in [5.74, 6) is 0.524. The second kappa shape index (κ2) is 7.67. The van der Waals surface area contributed by atoms with Crippen molar-refractivity contribution in [1.82, 2.24) is 9.97 Å². The Labute approximate surface area is 119 Å². The third-order valence-electron chi connectivity index (χ3n) is 3.06. The van der Waals surface area contributed by atoms with Gasteiger partial charge in [0.2, 0.25) is 5.88 Å². The molecule has 0 aromatic carbocycles. The Morgan fingerprint density at radius 1 is 1.40 bits per heavy atom. The maximum atomic E-state index is 10.6. The van der Waals surface area contributed by atoms with Crippen molar-refractivity contribution in [1.29, 1.82) is 0 Å². The molecule has 0 aliphatic heterocycles. The van der Waals surface area contributed by atoms with Crippen molar-refractivity contribution in [3.63, 3.8) is 0 Å². The van der Waals surface area contributed by atoms with E-state index >= 15 is 0 Å². The molecule has 0 aliphatic rings. The second-order valence-corrected chi connectivity index (χ2v) is 5.41. The first-order valence-corrected chi connectivity index (χ1v) is 6.83. The lowest BCUT2D eigenvalue weighted by Crippen LogP contribution is -2.18. The normalized spacial score (nSPS) is 11.2. The van der Waals surface area contributed by atoms with Crippen LogP contribution in [0.3, 0.4) is 0 Å². The SMILES string of the molecule is CCOc1cc(NCCC(C)(C)CCC(=O)O)ncn1. The fraction of sp³-hybridized carbons (Fsp3) is 0.643. The molecule has 2 N–H and O–H groups in total. The minimum atomic E-state index is -0.747. The minimum absolute atomic E-state index is 0.0127. The zero-order chi connectivity index (χ0) is 15.0. The fourth-order valence-corrected chi connectivity index (χ4v) is 1.76. The number of carboxylic acid groups (broad SMARTS) is 1. The predicted octanol–water partition coefficient (Wildman–Crippen LogP) is 2.57. The molecular formula is C14H23N3O3. The topological polar surface area (TPSA) is 84.3 Å². The van der Waals surface area contributed by atoms with Gasteiger partial charge in [0.25, 0.3) is 0 Å². The Hall–Kier alpha value is -1.85. The van der Waals surface area contributed by atoms with Crippen LogP contribution < -0.4 is 10.1 Å². The van der Waals surface area contributed by atoms with Crippen molar-refractivity contribution in [3.8, 4) is 5.88 Å². The van der Waals surface area contributed by atoms with Crippen molar-refractivity contribution in [2.45, 2.75) is 40.0 Å². The average Bonchev–Trinajstić information content (AvgIpc) is 2.37. The number of nitrogens with zero attached hydrogens (tertiary/aromatic N) is 2. The van der Waals surface area contributed by atoms with E-state index in [1.165, 1.54) is 6.33 Å².